The molecule has 0 fully saturated rings. The van der Waals surface area contributed by atoms with Gasteiger partial charge in [0.25, 0.3) is 5.91 Å². The van der Waals surface area contributed by atoms with Crippen LogP contribution in [-0.2, 0) is 20.9 Å². The summed E-state index contributed by atoms with van der Waals surface area (Å²) in [5, 5.41) is 8.18. The van der Waals surface area contributed by atoms with Crippen LogP contribution in [0, 0.1) is 5.82 Å². The molecule has 1 aliphatic rings. The van der Waals surface area contributed by atoms with Gasteiger partial charge in [-0.25, -0.2) is 9.40 Å². The molecule has 2 amide bonds. The topological polar surface area (TPSA) is 71.0 Å². The summed E-state index contributed by atoms with van der Waals surface area (Å²) >= 11 is 0. The molecule has 1 aliphatic heterocycles. The summed E-state index contributed by atoms with van der Waals surface area (Å²) in [5.74, 6) is -0.795. The van der Waals surface area contributed by atoms with Gasteiger partial charge < -0.3 is 10.1 Å². The molecular weight excluding hydrogens is 301 g/mol. The van der Waals surface area contributed by atoms with Gasteiger partial charge >= 0.3 is 0 Å². The van der Waals surface area contributed by atoms with Gasteiger partial charge in [0.05, 0.1) is 13.2 Å². The number of carbonyl (C=O) groups is 2. The van der Waals surface area contributed by atoms with Crippen LogP contribution in [0.5, 0.6) is 0 Å². The lowest BCUT2D eigenvalue weighted by Crippen LogP contribution is -2.43. The van der Waals surface area contributed by atoms with Crippen molar-refractivity contribution in [2.75, 3.05) is 13.7 Å². The average molecular weight is 321 g/mol. The maximum Gasteiger partial charge on any atom is 0.267 e. The second kappa shape index (κ2) is 7.82. The zero-order valence-corrected chi connectivity index (χ0v) is 13.2. The number of hydrogen-bond acceptors (Lipinski definition) is 4. The summed E-state index contributed by atoms with van der Waals surface area (Å²) in [6.07, 6.45) is 0.538. The fourth-order valence-corrected chi connectivity index (χ4v) is 2.25. The van der Waals surface area contributed by atoms with Crippen molar-refractivity contribution in [3.05, 3.63) is 35.6 Å². The standard InChI is InChI=1S/C16H20FN3O3/c1-11(10-23-2)18-16(22)14-7-8-15(21)20(19-14)9-12-3-5-13(17)6-4-12/h3-6,11H,7-10H2,1-2H3,(H,18,22). The number of nitrogens with one attached hydrogen (secondary N) is 1. The summed E-state index contributed by atoms with van der Waals surface area (Å²) < 4.78 is 17.9. The van der Waals surface area contributed by atoms with Crippen LogP contribution < -0.4 is 5.32 Å². The van der Waals surface area contributed by atoms with E-state index >= 15 is 0 Å². The number of methoxy groups -OCH3 is 1. The van der Waals surface area contributed by atoms with Crippen molar-refractivity contribution in [2.24, 2.45) is 5.10 Å². The van der Waals surface area contributed by atoms with Gasteiger partial charge in [-0.05, 0) is 24.6 Å². The highest BCUT2D eigenvalue weighted by molar-refractivity contribution is 6.39. The van der Waals surface area contributed by atoms with Gasteiger partial charge in [0.2, 0.25) is 5.91 Å². The highest BCUT2D eigenvalue weighted by atomic mass is 19.1. The smallest absolute Gasteiger partial charge is 0.267 e. The third-order valence-electron chi connectivity index (χ3n) is 3.41. The van der Waals surface area contributed by atoms with Crippen LogP contribution in [0.1, 0.15) is 25.3 Å². The fraction of sp³-hybridized carbons (Fsp3) is 0.438. The van der Waals surface area contributed by atoms with E-state index in [4.69, 9.17) is 4.74 Å². The van der Waals surface area contributed by atoms with E-state index in [0.29, 0.717) is 18.7 Å². The second-order valence-electron chi connectivity index (χ2n) is 5.45. The number of amides is 2. The van der Waals surface area contributed by atoms with E-state index < -0.39 is 0 Å². The molecule has 1 atom stereocenters. The normalized spacial score (nSPS) is 16.0. The van der Waals surface area contributed by atoms with Gasteiger partial charge in [-0.3, -0.25) is 9.59 Å². The molecule has 2 rings (SSSR count). The van der Waals surface area contributed by atoms with Crippen molar-refractivity contribution in [1.82, 2.24) is 10.3 Å². The molecule has 1 heterocycles. The maximum atomic E-state index is 12.9. The van der Waals surface area contributed by atoms with Crippen LogP contribution in [0.25, 0.3) is 0 Å². The first-order chi connectivity index (χ1) is 11.0. The number of benzene rings is 1. The van der Waals surface area contributed by atoms with Crippen molar-refractivity contribution in [2.45, 2.75) is 32.4 Å². The molecule has 6 nitrogen and oxygen atoms in total. The lowest BCUT2D eigenvalue weighted by Gasteiger charge is -2.24. The Kier molecular flexibility index (Phi) is 5.81. The monoisotopic (exact) mass is 321 g/mol. The van der Waals surface area contributed by atoms with Crippen molar-refractivity contribution < 1.29 is 18.7 Å². The number of nitrogens with zero attached hydrogens (tertiary/aromatic N) is 2. The first-order valence-corrected chi connectivity index (χ1v) is 7.41. The Morgan fingerprint density at radius 3 is 2.74 bits per heavy atom. The summed E-state index contributed by atoms with van der Waals surface area (Å²) in [7, 11) is 1.56. The van der Waals surface area contributed by atoms with Crippen LogP contribution >= 0.6 is 0 Å². The Balaban J connectivity index is 2.05. The first kappa shape index (κ1) is 17.1. The van der Waals surface area contributed by atoms with E-state index in [1.807, 2.05) is 6.92 Å². The van der Waals surface area contributed by atoms with E-state index in [2.05, 4.69) is 10.4 Å². The van der Waals surface area contributed by atoms with Gasteiger partial charge in [0, 0.05) is 26.0 Å². The van der Waals surface area contributed by atoms with Crippen LogP contribution in [0.4, 0.5) is 4.39 Å². The van der Waals surface area contributed by atoms with E-state index in [0.717, 1.165) is 5.56 Å². The highest BCUT2D eigenvalue weighted by Crippen LogP contribution is 2.14. The van der Waals surface area contributed by atoms with E-state index in [-0.39, 0.29) is 36.6 Å². The maximum absolute atomic E-state index is 12.9. The molecule has 0 aromatic heterocycles. The number of ether oxygens (including phenoxy) is 1. The van der Waals surface area contributed by atoms with Crippen LogP contribution in [0.15, 0.2) is 29.4 Å². The molecule has 1 aromatic carbocycles. The summed E-state index contributed by atoms with van der Waals surface area (Å²) in [4.78, 5) is 24.1. The highest BCUT2D eigenvalue weighted by Gasteiger charge is 2.25. The predicted molar refractivity (Wildman–Crippen MR) is 83.1 cm³/mol. The molecule has 1 unspecified atom stereocenters. The molecule has 0 spiro atoms. The number of carbonyl (C=O) groups excluding carboxylic acids is 2. The van der Waals surface area contributed by atoms with Crippen LogP contribution in [0.3, 0.4) is 0 Å². The number of hydrazone groups is 1. The molecule has 0 radical (unpaired) electrons. The number of rotatable bonds is 6. The van der Waals surface area contributed by atoms with Gasteiger partial charge in [0.15, 0.2) is 0 Å². The quantitative estimate of drug-likeness (QED) is 0.862. The molecule has 7 heteroatoms. The Morgan fingerprint density at radius 1 is 1.39 bits per heavy atom. The van der Waals surface area contributed by atoms with Gasteiger partial charge in [-0.2, -0.15) is 5.10 Å². The minimum atomic E-state index is -0.339. The van der Waals surface area contributed by atoms with Crippen molar-refractivity contribution in [1.29, 1.82) is 0 Å². The van der Waals surface area contributed by atoms with Crippen molar-refractivity contribution in [3.63, 3.8) is 0 Å². The van der Waals surface area contributed by atoms with Crippen molar-refractivity contribution >= 4 is 17.5 Å². The number of hydrogen-bond donors (Lipinski definition) is 1. The molecule has 0 bridgehead atoms. The first-order valence-electron chi connectivity index (χ1n) is 7.41. The molecule has 1 N–H and O–H groups in total. The summed E-state index contributed by atoms with van der Waals surface area (Å²) in [5.41, 5.74) is 1.06. The van der Waals surface area contributed by atoms with Crippen LogP contribution in [0.2, 0.25) is 0 Å². The molecule has 1 aromatic rings. The Morgan fingerprint density at radius 2 is 2.09 bits per heavy atom. The molecule has 23 heavy (non-hydrogen) atoms. The lowest BCUT2D eigenvalue weighted by atomic mass is 10.1. The molecule has 0 saturated heterocycles. The van der Waals surface area contributed by atoms with E-state index in [9.17, 15) is 14.0 Å². The molecule has 0 saturated carbocycles. The number of halogens is 1. The lowest BCUT2D eigenvalue weighted by molar-refractivity contribution is -0.132. The zero-order valence-electron chi connectivity index (χ0n) is 13.2. The summed E-state index contributed by atoms with van der Waals surface area (Å²) in [6.45, 7) is 2.44. The van der Waals surface area contributed by atoms with E-state index in [1.165, 1.54) is 17.1 Å². The second-order valence-corrected chi connectivity index (χ2v) is 5.45. The zero-order chi connectivity index (χ0) is 16.8. The van der Waals surface area contributed by atoms with Crippen molar-refractivity contribution in [3.8, 4) is 0 Å². The predicted octanol–water partition coefficient (Wildman–Crippen LogP) is 1.46. The molecule has 124 valence electrons. The molecule has 0 aliphatic carbocycles. The van der Waals surface area contributed by atoms with Crippen LogP contribution in [-0.4, -0.2) is 42.3 Å². The fourth-order valence-electron chi connectivity index (χ4n) is 2.25. The van der Waals surface area contributed by atoms with E-state index in [1.54, 1.807) is 19.2 Å². The van der Waals surface area contributed by atoms with Gasteiger partial charge in [-0.1, -0.05) is 12.1 Å². The largest absolute Gasteiger partial charge is 0.383 e. The third kappa shape index (κ3) is 4.85. The Bertz CT molecular complexity index is 601. The summed E-state index contributed by atoms with van der Waals surface area (Å²) in [6, 6.07) is 5.69. The Hall–Kier alpha value is -2.28. The van der Waals surface area contributed by atoms with Gasteiger partial charge in [-0.15, -0.1) is 0 Å². The minimum absolute atomic E-state index is 0.140. The average Bonchev–Trinajstić information content (AvgIpc) is 2.51. The third-order valence-corrected chi connectivity index (χ3v) is 3.41. The Labute approximate surface area is 134 Å². The minimum Gasteiger partial charge on any atom is -0.383 e. The SMILES string of the molecule is COCC(C)NC(=O)C1=NN(Cc2ccc(F)cc2)C(=O)CC1. The molecular formula is C16H20FN3O3. The van der Waals surface area contributed by atoms with Gasteiger partial charge in [0.1, 0.15) is 11.5 Å².